The molecule has 0 unspecified atom stereocenters. The Bertz CT molecular complexity index is 786. The van der Waals surface area contributed by atoms with Crippen LogP contribution in [0.15, 0.2) is 48.5 Å². The number of benzene rings is 2. The SMILES string of the molecule is C[C@H](Oc1ccc(Cl)cc1)C(=O)Nc1ccccc1C(=O)N1CCCC1. The highest BCUT2D eigenvalue weighted by Gasteiger charge is 2.23. The molecule has 2 aromatic carbocycles. The van der Waals surface area contributed by atoms with Crippen LogP contribution in [0.1, 0.15) is 30.1 Å². The van der Waals surface area contributed by atoms with Crippen LogP contribution in [0.2, 0.25) is 5.02 Å². The first kappa shape index (κ1) is 18.3. The van der Waals surface area contributed by atoms with Crippen molar-refractivity contribution in [1.29, 1.82) is 0 Å². The number of carbonyl (C=O) groups is 2. The summed E-state index contributed by atoms with van der Waals surface area (Å²) in [4.78, 5) is 27.0. The first-order valence-corrected chi connectivity index (χ1v) is 9.04. The Balaban J connectivity index is 1.68. The zero-order valence-corrected chi connectivity index (χ0v) is 15.3. The van der Waals surface area contributed by atoms with Crippen molar-refractivity contribution < 1.29 is 14.3 Å². The minimum atomic E-state index is -0.717. The molecular weight excluding hydrogens is 352 g/mol. The van der Waals surface area contributed by atoms with Crippen molar-refractivity contribution in [3.63, 3.8) is 0 Å². The highest BCUT2D eigenvalue weighted by molar-refractivity contribution is 6.30. The summed E-state index contributed by atoms with van der Waals surface area (Å²) in [7, 11) is 0. The Kier molecular flexibility index (Phi) is 5.78. The number of halogens is 1. The topological polar surface area (TPSA) is 58.6 Å². The van der Waals surface area contributed by atoms with Crippen molar-refractivity contribution in [2.45, 2.75) is 25.9 Å². The normalized spacial score (nSPS) is 14.8. The lowest BCUT2D eigenvalue weighted by atomic mass is 10.1. The van der Waals surface area contributed by atoms with Gasteiger partial charge in [0.05, 0.1) is 11.3 Å². The van der Waals surface area contributed by atoms with Crippen molar-refractivity contribution in [3.8, 4) is 5.75 Å². The summed E-state index contributed by atoms with van der Waals surface area (Å²) >= 11 is 5.85. The molecule has 1 aliphatic heterocycles. The molecule has 0 spiro atoms. The Morgan fingerprint density at radius 3 is 2.42 bits per heavy atom. The lowest BCUT2D eigenvalue weighted by molar-refractivity contribution is -0.122. The van der Waals surface area contributed by atoms with E-state index in [2.05, 4.69) is 5.32 Å². The third-order valence-electron chi connectivity index (χ3n) is 4.30. The van der Waals surface area contributed by atoms with Gasteiger partial charge in [-0.25, -0.2) is 0 Å². The molecule has 0 saturated carbocycles. The van der Waals surface area contributed by atoms with Crippen molar-refractivity contribution >= 4 is 29.1 Å². The van der Waals surface area contributed by atoms with Gasteiger partial charge in [-0.2, -0.15) is 0 Å². The number of carbonyl (C=O) groups excluding carboxylic acids is 2. The molecule has 0 aliphatic carbocycles. The fourth-order valence-corrected chi connectivity index (χ4v) is 3.00. The summed E-state index contributed by atoms with van der Waals surface area (Å²) in [6.45, 7) is 3.18. The van der Waals surface area contributed by atoms with Crippen molar-refractivity contribution in [2.24, 2.45) is 0 Å². The molecule has 2 amide bonds. The van der Waals surface area contributed by atoms with Gasteiger partial charge in [0.15, 0.2) is 6.10 Å². The number of ether oxygens (including phenoxy) is 1. The van der Waals surface area contributed by atoms with Crippen molar-refractivity contribution in [3.05, 3.63) is 59.1 Å². The molecule has 136 valence electrons. The van der Waals surface area contributed by atoms with Gasteiger partial charge >= 0.3 is 0 Å². The fourth-order valence-electron chi connectivity index (χ4n) is 2.87. The van der Waals surface area contributed by atoms with Crippen LogP contribution < -0.4 is 10.1 Å². The molecule has 1 fully saturated rings. The molecule has 0 bridgehead atoms. The summed E-state index contributed by atoms with van der Waals surface area (Å²) < 4.78 is 5.64. The van der Waals surface area contributed by atoms with Gasteiger partial charge in [-0.15, -0.1) is 0 Å². The number of rotatable bonds is 5. The minimum Gasteiger partial charge on any atom is -0.481 e. The average Bonchev–Trinajstić information content (AvgIpc) is 3.18. The zero-order chi connectivity index (χ0) is 18.5. The molecule has 6 heteroatoms. The number of likely N-dealkylation sites (tertiary alicyclic amines) is 1. The third-order valence-corrected chi connectivity index (χ3v) is 4.56. The lowest BCUT2D eigenvalue weighted by Crippen LogP contribution is -2.32. The van der Waals surface area contributed by atoms with Crippen LogP contribution in [0.25, 0.3) is 0 Å². The zero-order valence-electron chi connectivity index (χ0n) is 14.6. The predicted molar refractivity (Wildman–Crippen MR) is 102 cm³/mol. The van der Waals surface area contributed by atoms with Crippen LogP contribution in [0.3, 0.4) is 0 Å². The number of para-hydroxylation sites is 1. The minimum absolute atomic E-state index is 0.0512. The van der Waals surface area contributed by atoms with Crippen LogP contribution in [0.5, 0.6) is 5.75 Å². The molecular formula is C20H21ClN2O3. The Hall–Kier alpha value is -2.53. The molecule has 1 aliphatic rings. The molecule has 1 atom stereocenters. The molecule has 0 aromatic heterocycles. The Labute approximate surface area is 157 Å². The van der Waals surface area contributed by atoms with E-state index in [-0.39, 0.29) is 11.8 Å². The second-order valence-corrected chi connectivity index (χ2v) is 6.68. The van der Waals surface area contributed by atoms with E-state index in [1.165, 1.54) is 0 Å². The van der Waals surface area contributed by atoms with Gasteiger partial charge in [0, 0.05) is 18.1 Å². The van der Waals surface area contributed by atoms with Crippen molar-refractivity contribution in [2.75, 3.05) is 18.4 Å². The number of nitrogens with zero attached hydrogens (tertiary/aromatic N) is 1. The van der Waals surface area contributed by atoms with Crippen LogP contribution in [-0.4, -0.2) is 35.9 Å². The van der Waals surface area contributed by atoms with Gasteiger partial charge in [0.25, 0.3) is 11.8 Å². The van der Waals surface area contributed by atoms with Gasteiger partial charge in [0.2, 0.25) is 0 Å². The van der Waals surface area contributed by atoms with E-state index in [4.69, 9.17) is 16.3 Å². The van der Waals surface area contributed by atoms with Gasteiger partial charge in [-0.05, 0) is 56.2 Å². The molecule has 5 nitrogen and oxygen atoms in total. The average molecular weight is 373 g/mol. The van der Waals surface area contributed by atoms with E-state index in [0.29, 0.717) is 22.0 Å². The summed E-state index contributed by atoms with van der Waals surface area (Å²) in [5.74, 6) is 0.185. The van der Waals surface area contributed by atoms with Gasteiger partial charge < -0.3 is 15.0 Å². The molecule has 1 heterocycles. The lowest BCUT2D eigenvalue weighted by Gasteiger charge is -2.19. The van der Waals surface area contributed by atoms with E-state index in [9.17, 15) is 9.59 Å². The van der Waals surface area contributed by atoms with Crippen LogP contribution in [0.4, 0.5) is 5.69 Å². The highest BCUT2D eigenvalue weighted by atomic mass is 35.5. The largest absolute Gasteiger partial charge is 0.481 e. The number of anilines is 1. The van der Waals surface area contributed by atoms with Gasteiger partial charge in [-0.1, -0.05) is 23.7 Å². The molecule has 26 heavy (non-hydrogen) atoms. The predicted octanol–water partition coefficient (Wildman–Crippen LogP) is 3.98. The van der Waals surface area contributed by atoms with Gasteiger partial charge in [-0.3, -0.25) is 9.59 Å². The monoisotopic (exact) mass is 372 g/mol. The van der Waals surface area contributed by atoms with Crippen LogP contribution in [-0.2, 0) is 4.79 Å². The Morgan fingerprint density at radius 1 is 1.08 bits per heavy atom. The number of hydrogen-bond acceptors (Lipinski definition) is 3. The molecule has 3 rings (SSSR count). The first-order chi connectivity index (χ1) is 12.5. The van der Waals surface area contributed by atoms with Crippen LogP contribution in [0, 0.1) is 0 Å². The standard InChI is InChI=1S/C20H21ClN2O3/c1-14(26-16-10-8-15(21)9-11-16)19(24)22-18-7-3-2-6-17(18)20(25)23-12-4-5-13-23/h2-3,6-11,14H,4-5,12-13H2,1H3,(H,22,24)/t14-/m0/s1. The summed E-state index contributed by atoms with van der Waals surface area (Å²) in [5, 5.41) is 3.41. The van der Waals surface area contributed by atoms with Crippen LogP contribution >= 0.6 is 11.6 Å². The third kappa shape index (κ3) is 4.35. The van der Waals surface area contributed by atoms with Gasteiger partial charge in [0.1, 0.15) is 5.75 Å². The smallest absolute Gasteiger partial charge is 0.265 e. The molecule has 1 saturated heterocycles. The first-order valence-electron chi connectivity index (χ1n) is 8.66. The maximum atomic E-state index is 12.7. The van der Waals surface area contributed by atoms with E-state index in [1.807, 2.05) is 4.90 Å². The second kappa shape index (κ2) is 8.23. The summed E-state index contributed by atoms with van der Waals surface area (Å²) in [6.07, 6.45) is 1.32. The maximum absolute atomic E-state index is 12.7. The molecule has 1 N–H and O–H groups in total. The summed E-state index contributed by atoms with van der Waals surface area (Å²) in [6, 6.07) is 13.9. The molecule has 0 radical (unpaired) electrons. The van der Waals surface area contributed by atoms with E-state index in [1.54, 1.807) is 55.5 Å². The number of nitrogens with one attached hydrogen (secondary N) is 1. The van der Waals surface area contributed by atoms with E-state index in [0.717, 1.165) is 25.9 Å². The fraction of sp³-hybridized carbons (Fsp3) is 0.300. The summed E-state index contributed by atoms with van der Waals surface area (Å²) in [5.41, 5.74) is 1.00. The Morgan fingerprint density at radius 2 is 1.73 bits per heavy atom. The van der Waals surface area contributed by atoms with E-state index >= 15 is 0 Å². The highest BCUT2D eigenvalue weighted by Crippen LogP contribution is 2.21. The number of amides is 2. The quantitative estimate of drug-likeness (QED) is 0.863. The second-order valence-electron chi connectivity index (χ2n) is 6.25. The van der Waals surface area contributed by atoms with Crippen molar-refractivity contribution in [1.82, 2.24) is 4.90 Å². The van der Waals surface area contributed by atoms with E-state index < -0.39 is 6.10 Å². The number of hydrogen-bond donors (Lipinski definition) is 1. The maximum Gasteiger partial charge on any atom is 0.265 e. The molecule has 2 aromatic rings.